The predicted octanol–water partition coefficient (Wildman–Crippen LogP) is 9.50. The van der Waals surface area contributed by atoms with E-state index in [0.717, 1.165) is 56.4 Å². The Kier molecular flexibility index (Phi) is 15.0. The molecule has 0 saturated heterocycles. The summed E-state index contributed by atoms with van der Waals surface area (Å²) in [5.41, 5.74) is 0.865. The van der Waals surface area contributed by atoms with Crippen LogP contribution in [0, 0.1) is 5.92 Å². The molecule has 0 aliphatic rings. The van der Waals surface area contributed by atoms with Crippen LogP contribution in [0.1, 0.15) is 91.2 Å². The fourth-order valence-electron chi connectivity index (χ4n) is 3.94. The second kappa shape index (κ2) is 17.0. The van der Waals surface area contributed by atoms with Crippen molar-refractivity contribution in [2.75, 3.05) is 6.54 Å². The molecule has 0 saturated carbocycles. The van der Waals surface area contributed by atoms with Gasteiger partial charge < -0.3 is 10.1 Å². The molecule has 0 heterocycles. The monoisotopic (exact) mass is 542 g/mol. The van der Waals surface area contributed by atoms with Gasteiger partial charge in [-0.3, -0.25) is 4.99 Å². The summed E-state index contributed by atoms with van der Waals surface area (Å²) in [7, 11) is 0. The third-order valence-corrected chi connectivity index (χ3v) is 6.24. The number of nitrogens with one attached hydrogen (secondary N) is 1. The lowest BCUT2D eigenvalue weighted by Crippen LogP contribution is -2.29. The third-order valence-electron chi connectivity index (χ3n) is 6.24. The Morgan fingerprint density at radius 2 is 1.84 bits per heavy atom. The van der Waals surface area contributed by atoms with Crippen LogP contribution in [0.25, 0.3) is 0 Å². The lowest BCUT2D eigenvalue weighted by Gasteiger charge is -2.23. The number of hydrogen-bond donors (Lipinski definition) is 1. The van der Waals surface area contributed by atoms with Gasteiger partial charge in [0, 0.05) is 17.3 Å². The summed E-state index contributed by atoms with van der Waals surface area (Å²) in [6.07, 6.45) is 8.94. The van der Waals surface area contributed by atoms with Crippen molar-refractivity contribution in [1.82, 2.24) is 5.32 Å². The van der Waals surface area contributed by atoms with Gasteiger partial charge in [-0.25, -0.2) is 0 Å². The molecule has 0 fully saturated rings. The molecule has 0 amide bonds. The molecule has 38 heavy (non-hydrogen) atoms. The van der Waals surface area contributed by atoms with E-state index in [1.807, 2.05) is 26.0 Å². The summed E-state index contributed by atoms with van der Waals surface area (Å²) in [5, 5.41) is 3.58. The Labute approximate surface area is 225 Å². The molecule has 0 bridgehead atoms. The molecule has 0 spiro atoms. The second-order valence-electron chi connectivity index (χ2n) is 9.58. The van der Waals surface area contributed by atoms with Crippen LogP contribution in [0.5, 0.6) is 5.75 Å². The van der Waals surface area contributed by atoms with Gasteiger partial charge in [0.05, 0.1) is 17.8 Å². The number of unbranched alkanes of at least 4 members (excludes halogenated alkanes) is 1. The number of nitrogens with zero attached hydrogens (tertiary/aromatic N) is 1. The minimum absolute atomic E-state index is 0.0774. The van der Waals surface area contributed by atoms with Crippen LogP contribution in [0.15, 0.2) is 58.8 Å². The number of allylic oxidation sites excluding steroid dienone is 5. The van der Waals surface area contributed by atoms with Crippen LogP contribution in [0.3, 0.4) is 0 Å². The maximum atomic E-state index is 13.3. The van der Waals surface area contributed by atoms with Gasteiger partial charge in [-0.1, -0.05) is 65.2 Å². The molecule has 0 aliphatic carbocycles. The van der Waals surface area contributed by atoms with Gasteiger partial charge in [-0.2, -0.15) is 22.0 Å². The Bertz CT molecular complexity index is 964. The summed E-state index contributed by atoms with van der Waals surface area (Å²) < 4.78 is 70.6. The Hall–Kier alpha value is -2.64. The van der Waals surface area contributed by atoms with Crippen LogP contribution < -0.4 is 10.1 Å². The number of halogens is 5. The number of ether oxygens (including phenoxy) is 1. The summed E-state index contributed by atoms with van der Waals surface area (Å²) >= 11 is 0. The van der Waals surface area contributed by atoms with E-state index in [4.69, 9.17) is 0 Å². The number of rotatable bonds is 16. The van der Waals surface area contributed by atoms with E-state index >= 15 is 0 Å². The summed E-state index contributed by atoms with van der Waals surface area (Å²) in [5.74, 6) is 0.0338. The van der Waals surface area contributed by atoms with Crippen molar-refractivity contribution in [2.24, 2.45) is 10.9 Å². The SMILES string of the molecule is CC/C=C\C=C(/C)C(=NC/C=C(\C)NC(CCCC)CC(C)CC)c1ccc(C(F)(F)F)cc1OC(F)F. The first-order valence-electron chi connectivity index (χ1n) is 13.4. The second-order valence-corrected chi connectivity index (χ2v) is 9.58. The highest BCUT2D eigenvalue weighted by molar-refractivity contribution is 6.14. The standard InChI is InChI=1S/C30H43F5N2O/c1-7-10-12-13-22(5)28(26-16-15-24(30(33,34)35)20-27(26)38-29(31)32)36-18-17-23(6)37-25(14-11-8-2)19-21(4)9-3/h10,12-13,15-17,20-21,25,29,37H,7-9,11,14,18-19H2,1-6H3/b12-10-,22-13+,23-17+,36-28?. The van der Waals surface area contributed by atoms with Crippen LogP contribution in [0.2, 0.25) is 0 Å². The maximum absolute atomic E-state index is 13.3. The summed E-state index contributed by atoms with van der Waals surface area (Å²) in [6.45, 7) is 9.19. The van der Waals surface area contributed by atoms with E-state index < -0.39 is 24.1 Å². The fourth-order valence-corrected chi connectivity index (χ4v) is 3.94. The van der Waals surface area contributed by atoms with E-state index in [2.05, 4.69) is 35.8 Å². The van der Waals surface area contributed by atoms with Crippen LogP contribution in [-0.4, -0.2) is 24.9 Å². The number of alkyl halides is 5. The van der Waals surface area contributed by atoms with Crippen molar-refractivity contribution >= 4 is 5.71 Å². The molecule has 214 valence electrons. The third kappa shape index (κ3) is 12.3. The lowest BCUT2D eigenvalue weighted by atomic mass is 9.95. The molecule has 2 unspecified atom stereocenters. The average molecular weight is 543 g/mol. The zero-order chi connectivity index (χ0) is 28.7. The van der Waals surface area contributed by atoms with Gasteiger partial charge in [0.15, 0.2) is 0 Å². The van der Waals surface area contributed by atoms with Crippen molar-refractivity contribution in [3.63, 3.8) is 0 Å². The first-order chi connectivity index (χ1) is 17.9. The molecule has 0 radical (unpaired) electrons. The predicted molar refractivity (Wildman–Crippen MR) is 147 cm³/mol. The highest BCUT2D eigenvalue weighted by Crippen LogP contribution is 2.34. The van der Waals surface area contributed by atoms with Gasteiger partial charge in [0.2, 0.25) is 0 Å². The lowest BCUT2D eigenvalue weighted by molar-refractivity contribution is -0.138. The van der Waals surface area contributed by atoms with E-state index in [9.17, 15) is 22.0 Å². The van der Waals surface area contributed by atoms with E-state index in [-0.39, 0.29) is 12.1 Å². The van der Waals surface area contributed by atoms with Crippen molar-refractivity contribution in [3.8, 4) is 5.75 Å². The molecule has 1 N–H and O–H groups in total. The molecular formula is C30H43F5N2O. The van der Waals surface area contributed by atoms with Crippen molar-refractivity contribution < 1.29 is 26.7 Å². The molecule has 0 aliphatic heterocycles. The Morgan fingerprint density at radius 3 is 2.42 bits per heavy atom. The topological polar surface area (TPSA) is 33.6 Å². The zero-order valence-electron chi connectivity index (χ0n) is 23.5. The van der Waals surface area contributed by atoms with Crippen molar-refractivity contribution in [2.45, 2.75) is 98.9 Å². The molecule has 1 aromatic rings. The highest BCUT2D eigenvalue weighted by Gasteiger charge is 2.32. The molecule has 1 rings (SSSR count). The minimum Gasteiger partial charge on any atom is -0.434 e. The maximum Gasteiger partial charge on any atom is 0.416 e. The van der Waals surface area contributed by atoms with Crippen LogP contribution in [-0.2, 0) is 6.18 Å². The molecule has 1 aromatic carbocycles. The van der Waals surface area contributed by atoms with E-state index in [1.54, 1.807) is 19.1 Å². The van der Waals surface area contributed by atoms with Gasteiger partial charge in [-0.05, 0) is 68.9 Å². The summed E-state index contributed by atoms with van der Waals surface area (Å²) in [6, 6.07) is 2.93. The minimum atomic E-state index is -4.69. The number of aliphatic imine (C=N–C) groups is 1. The fraction of sp³-hybridized carbons (Fsp3) is 0.567. The quantitative estimate of drug-likeness (QED) is 0.128. The van der Waals surface area contributed by atoms with E-state index in [0.29, 0.717) is 29.3 Å². The van der Waals surface area contributed by atoms with Gasteiger partial charge >= 0.3 is 12.8 Å². The van der Waals surface area contributed by atoms with Crippen LogP contribution in [0.4, 0.5) is 22.0 Å². The molecule has 0 aromatic heterocycles. The zero-order valence-corrected chi connectivity index (χ0v) is 23.5. The Morgan fingerprint density at radius 1 is 1.13 bits per heavy atom. The number of benzene rings is 1. The van der Waals surface area contributed by atoms with E-state index in [1.165, 1.54) is 0 Å². The summed E-state index contributed by atoms with van der Waals surface area (Å²) in [4.78, 5) is 4.61. The first-order valence-corrected chi connectivity index (χ1v) is 13.4. The number of hydrogen-bond acceptors (Lipinski definition) is 3. The largest absolute Gasteiger partial charge is 0.434 e. The molecule has 8 heteroatoms. The first kappa shape index (κ1) is 33.4. The van der Waals surface area contributed by atoms with Gasteiger partial charge in [-0.15, -0.1) is 0 Å². The van der Waals surface area contributed by atoms with Crippen LogP contribution >= 0.6 is 0 Å². The van der Waals surface area contributed by atoms with Crippen molar-refractivity contribution in [3.05, 3.63) is 64.9 Å². The Balaban J connectivity index is 3.38. The van der Waals surface area contributed by atoms with Gasteiger partial charge in [0.25, 0.3) is 0 Å². The van der Waals surface area contributed by atoms with Gasteiger partial charge in [0.1, 0.15) is 5.75 Å². The molecular weight excluding hydrogens is 499 g/mol. The normalized spacial score (nSPS) is 15.3. The highest BCUT2D eigenvalue weighted by atomic mass is 19.4. The molecule has 2 atom stereocenters. The molecule has 3 nitrogen and oxygen atoms in total. The van der Waals surface area contributed by atoms with Crippen molar-refractivity contribution in [1.29, 1.82) is 0 Å². The smallest absolute Gasteiger partial charge is 0.416 e. The average Bonchev–Trinajstić information content (AvgIpc) is 2.84.